The van der Waals surface area contributed by atoms with E-state index in [0.717, 1.165) is 11.8 Å². The molecule has 3 rings (SSSR count). The number of thiophene rings is 1. The van der Waals surface area contributed by atoms with E-state index in [0.29, 0.717) is 13.0 Å². The third kappa shape index (κ3) is 2.03. The zero-order valence-corrected chi connectivity index (χ0v) is 11.9. The molecule has 0 spiro atoms. The van der Waals surface area contributed by atoms with Crippen LogP contribution in [0.2, 0.25) is 0 Å². The first-order valence-electron chi connectivity index (χ1n) is 5.82. The van der Waals surface area contributed by atoms with Crippen LogP contribution < -0.4 is 0 Å². The van der Waals surface area contributed by atoms with Gasteiger partial charge in [0.2, 0.25) is 0 Å². The Morgan fingerprint density at radius 2 is 2.30 bits per heavy atom. The molecular formula is C11H11N3O4S2. The van der Waals surface area contributed by atoms with Crippen LogP contribution in [-0.4, -0.2) is 40.5 Å². The number of hydrogen-bond acceptors (Lipinski definition) is 5. The lowest BCUT2D eigenvalue weighted by Crippen LogP contribution is -2.36. The summed E-state index contributed by atoms with van der Waals surface area (Å²) in [5.41, 5.74) is 0.641. The molecule has 20 heavy (non-hydrogen) atoms. The van der Waals surface area contributed by atoms with Crippen LogP contribution in [0.15, 0.2) is 22.7 Å². The number of carboxylic acid groups (broad SMARTS) is 1. The predicted molar refractivity (Wildman–Crippen MR) is 71.2 cm³/mol. The number of nitrogens with one attached hydrogen (secondary N) is 1. The molecule has 1 aliphatic rings. The second kappa shape index (κ2) is 4.69. The number of fused-ring (bicyclic) bond motifs is 1. The fourth-order valence-electron chi connectivity index (χ4n) is 2.18. The van der Waals surface area contributed by atoms with Gasteiger partial charge in [-0.05, 0) is 23.4 Å². The van der Waals surface area contributed by atoms with Crippen LogP contribution in [0.25, 0.3) is 0 Å². The maximum Gasteiger partial charge on any atom is 0.340 e. The van der Waals surface area contributed by atoms with E-state index in [4.69, 9.17) is 5.11 Å². The molecule has 0 fully saturated rings. The molecule has 2 N–H and O–H groups in total. The molecule has 0 saturated heterocycles. The molecule has 0 saturated carbocycles. The quantitative estimate of drug-likeness (QED) is 0.877. The molecule has 0 bridgehead atoms. The van der Waals surface area contributed by atoms with Crippen molar-refractivity contribution < 1.29 is 18.3 Å². The number of H-pyrrole nitrogens is 1. The van der Waals surface area contributed by atoms with Crippen LogP contribution in [0.1, 0.15) is 20.8 Å². The van der Waals surface area contributed by atoms with Gasteiger partial charge < -0.3 is 5.11 Å². The number of carbonyl (C=O) groups is 1. The lowest BCUT2D eigenvalue weighted by Gasteiger charge is -2.25. The summed E-state index contributed by atoms with van der Waals surface area (Å²) in [6.45, 7) is 0.604. The summed E-state index contributed by atoms with van der Waals surface area (Å²) >= 11 is 1.61. The largest absolute Gasteiger partial charge is 0.478 e. The summed E-state index contributed by atoms with van der Waals surface area (Å²) in [4.78, 5) is 12.2. The molecule has 0 amide bonds. The van der Waals surface area contributed by atoms with E-state index in [9.17, 15) is 13.2 Å². The number of rotatable bonds is 3. The van der Waals surface area contributed by atoms with Gasteiger partial charge in [-0.25, -0.2) is 13.2 Å². The summed E-state index contributed by atoms with van der Waals surface area (Å²) in [5, 5.41) is 16.4. The molecule has 0 atom stereocenters. The number of aromatic amines is 1. The Kier molecular flexibility index (Phi) is 3.11. The van der Waals surface area contributed by atoms with Crippen molar-refractivity contribution in [1.29, 1.82) is 0 Å². The van der Waals surface area contributed by atoms with Crippen molar-refractivity contribution in [3.8, 4) is 0 Å². The normalized spacial score (nSPS) is 16.0. The predicted octanol–water partition coefficient (Wildman–Crippen LogP) is 0.916. The van der Waals surface area contributed by atoms with Gasteiger partial charge in [-0.15, -0.1) is 11.3 Å². The highest BCUT2D eigenvalue weighted by Gasteiger charge is 2.33. The van der Waals surface area contributed by atoms with E-state index in [1.807, 2.05) is 11.4 Å². The minimum Gasteiger partial charge on any atom is -0.478 e. The van der Waals surface area contributed by atoms with Crippen LogP contribution in [0.4, 0.5) is 0 Å². The van der Waals surface area contributed by atoms with Gasteiger partial charge in [-0.2, -0.15) is 9.40 Å². The number of nitrogens with zero attached hydrogens (tertiary/aromatic N) is 2. The molecule has 0 aromatic carbocycles. The monoisotopic (exact) mass is 313 g/mol. The maximum absolute atomic E-state index is 12.5. The minimum absolute atomic E-state index is 0.263. The summed E-state index contributed by atoms with van der Waals surface area (Å²) in [5.74, 6) is -1.31. The van der Waals surface area contributed by atoms with Crippen molar-refractivity contribution in [3.05, 3.63) is 33.6 Å². The molecule has 7 nitrogen and oxygen atoms in total. The smallest absolute Gasteiger partial charge is 0.340 e. The lowest BCUT2D eigenvalue weighted by atomic mass is 10.1. The average molecular weight is 313 g/mol. The van der Waals surface area contributed by atoms with Gasteiger partial charge in [0.25, 0.3) is 10.0 Å². The first-order chi connectivity index (χ1) is 9.50. The topological polar surface area (TPSA) is 103 Å². The molecule has 0 radical (unpaired) electrons. The van der Waals surface area contributed by atoms with Crippen molar-refractivity contribution >= 4 is 27.3 Å². The van der Waals surface area contributed by atoms with Gasteiger partial charge in [0.15, 0.2) is 5.03 Å². The second-order valence-corrected chi connectivity index (χ2v) is 7.25. The number of aromatic carboxylic acids is 1. The van der Waals surface area contributed by atoms with Crippen molar-refractivity contribution in [1.82, 2.24) is 14.5 Å². The highest BCUT2D eigenvalue weighted by molar-refractivity contribution is 7.89. The highest BCUT2D eigenvalue weighted by atomic mass is 32.2. The minimum atomic E-state index is -3.88. The number of aromatic nitrogens is 2. The Labute approximate surface area is 118 Å². The van der Waals surface area contributed by atoms with E-state index in [1.54, 1.807) is 11.3 Å². The number of hydrogen-bond donors (Lipinski definition) is 2. The molecule has 9 heteroatoms. The third-order valence-corrected chi connectivity index (χ3v) is 6.05. The van der Waals surface area contributed by atoms with Gasteiger partial charge in [0.1, 0.15) is 5.56 Å². The zero-order valence-electron chi connectivity index (χ0n) is 10.2. The van der Waals surface area contributed by atoms with E-state index < -0.39 is 16.0 Å². The van der Waals surface area contributed by atoms with Gasteiger partial charge in [-0.3, -0.25) is 5.10 Å². The average Bonchev–Trinajstić information content (AvgIpc) is 3.06. The van der Waals surface area contributed by atoms with E-state index >= 15 is 0 Å². The number of sulfonamides is 1. The van der Waals surface area contributed by atoms with Gasteiger partial charge in [0, 0.05) is 18.0 Å². The van der Waals surface area contributed by atoms with Gasteiger partial charge in [0.05, 0.1) is 6.20 Å². The Morgan fingerprint density at radius 1 is 1.50 bits per heavy atom. The van der Waals surface area contributed by atoms with Crippen molar-refractivity contribution in [2.45, 2.75) is 18.0 Å². The van der Waals surface area contributed by atoms with Crippen molar-refractivity contribution in [2.24, 2.45) is 0 Å². The van der Waals surface area contributed by atoms with Gasteiger partial charge in [-0.1, -0.05) is 0 Å². The summed E-state index contributed by atoms with van der Waals surface area (Å²) in [6.07, 6.45) is 1.65. The Morgan fingerprint density at radius 3 is 3.05 bits per heavy atom. The maximum atomic E-state index is 12.5. The first-order valence-corrected chi connectivity index (χ1v) is 8.14. The molecule has 106 valence electrons. The molecule has 0 unspecified atom stereocenters. The third-order valence-electron chi connectivity index (χ3n) is 3.21. The molecular weight excluding hydrogens is 302 g/mol. The van der Waals surface area contributed by atoms with Crippen LogP contribution in [0.3, 0.4) is 0 Å². The molecule has 3 heterocycles. The molecule has 2 aromatic heterocycles. The summed E-state index contributed by atoms with van der Waals surface area (Å²) < 4.78 is 26.3. The molecule has 0 aliphatic carbocycles. The standard InChI is InChI=1S/C11H11N3O4S2/c15-11(16)8-5-12-13-10(8)20(17,18)14-3-1-9-7(6-14)2-4-19-9/h2,4-5H,1,3,6H2,(H,12,13)(H,15,16). The summed E-state index contributed by atoms with van der Waals surface area (Å²) in [6, 6.07) is 1.90. The molecule has 2 aromatic rings. The van der Waals surface area contributed by atoms with E-state index in [2.05, 4.69) is 10.2 Å². The van der Waals surface area contributed by atoms with Crippen LogP contribution >= 0.6 is 11.3 Å². The number of carboxylic acids is 1. The SMILES string of the molecule is O=C(O)c1cn[nH]c1S(=O)(=O)N1CCc2sccc2C1. The van der Waals surface area contributed by atoms with Crippen LogP contribution in [0.5, 0.6) is 0 Å². The van der Waals surface area contributed by atoms with Crippen LogP contribution in [-0.2, 0) is 23.0 Å². The van der Waals surface area contributed by atoms with Crippen LogP contribution in [0, 0.1) is 0 Å². The second-order valence-electron chi connectivity index (χ2n) is 4.38. The fourth-order valence-corrected chi connectivity index (χ4v) is 4.55. The van der Waals surface area contributed by atoms with Crippen molar-refractivity contribution in [3.63, 3.8) is 0 Å². The zero-order chi connectivity index (χ0) is 14.3. The van der Waals surface area contributed by atoms with E-state index in [-0.39, 0.29) is 17.1 Å². The summed E-state index contributed by atoms with van der Waals surface area (Å²) in [7, 11) is -3.88. The van der Waals surface area contributed by atoms with Gasteiger partial charge >= 0.3 is 5.97 Å². The van der Waals surface area contributed by atoms with Crippen molar-refractivity contribution in [2.75, 3.05) is 6.54 Å². The molecule has 1 aliphatic heterocycles. The Bertz CT molecular complexity index is 762. The van der Waals surface area contributed by atoms with E-state index in [1.165, 1.54) is 9.18 Å². The Hall–Kier alpha value is -1.71. The fraction of sp³-hybridized carbons (Fsp3) is 0.273. The highest BCUT2D eigenvalue weighted by Crippen LogP contribution is 2.28. The Balaban J connectivity index is 1.97. The lowest BCUT2D eigenvalue weighted by molar-refractivity contribution is 0.0692. The first kappa shape index (κ1) is 13.3.